The van der Waals surface area contributed by atoms with Gasteiger partial charge in [0.1, 0.15) is 11.3 Å². The van der Waals surface area contributed by atoms with Crippen LogP contribution in [0.3, 0.4) is 0 Å². The van der Waals surface area contributed by atoms with Gasteiger partial charge in [0.2, 0.25) is 0 Å². The lowest BCUT2D eigenvalue weighted by Crippen LogP contribution is -1.94. The van der Waals surface area contributed by atoms with Gasteiger partial charge in [-0.2, -0.15) is 0 Å². The number of hydrogen-bond acceptors (Lipinski definition) is 4. The van der Waals surface area contributed by atoms with Gasteiger partial charge in [-0.25, -0.2) is 4.79 Å². The molecule has 0 radical (unpaired) electrons. The van der Waals surface area contributed by atoms with Crippen LogP contribution in [0.4, 0.5) is 0 Å². The number of carboxylic acids is 1. The van der Waals surface area contributed by atoms with E-state index in [1.807, 2.05) is 32.0 Å². The topological polar surface area (TPSA) is 76.5 Å². The summed E-state index contributed by atoms with van der Waals surface area (Å²) >= 11 is 0. The minimum absolute atomic E-state index is 0.102. The van der Waals surface area contributed by atoms with Gasteiger partial charge in [-0.3, -0.25) is 0 Å². The van der Waals surface area contributed by atoms with Crippen LogP contribution >= 0.6 is 0 Å². The molecule has 5 heteroatoms. The van der Waals surface area contributed by atoms with Gasteiger partial charge in [0.25, 0.3) is 0 Å². The zero-order valence-corrected chi connectivity index (χ0v) is 10.4. The van der Waals surface area contributed by atoms with E-state index >= 15 is 0 Å². The maximum atomic E-state index is 10.8. The van der Waals surface area contributed by atoms with Crippen molar-refractivity contribution in [1.82, 2.24) is 5.16 Å². The minimum atomic E-state index is -1.11. The summed E-state index contributed by atoms with van der Waals surface area (Å²) in [6, 6.07) is 6.98. The van der Waals surface area contributed by atoms with Crippen LogP contribution < -0.4 is 0 Å². The molecule has 0 bridgehead atoms. The number of carboxylic acid groups (broad SMARTS) is 1. The molecule has 0 fully saturated rings. The maximum Gasteiger partial charge on any atom is 0.358 e. The Morgan fingerprint density at radius 3 is 2.74 bits per heavy atom. The Kier molecular flexibility index (Phi) is 2.41. The molecule has 1 aromatic carbocycles. The van der Waals surface area contributed by atoms with Gasteiger partial charge >= 0.3 is 5.97 Å². The molecule has 96 valence electrons. The summed E-state index contributed by atoms with van der Waals surface area (Å²) < 4.78 is 10.6. The zero-order valence-electron chi connectivity index (χ0n) is 10.4. The fraction of sp³-hybridized carbons (Fsp3) is 0.143. The highest BCUT2D eigenvalue weighted by Gasteiger charge is 2.14. The van der Waals surface area contributed by atoms with E-state index in [0.717, 1.165) is 27.9 Å². The van der Waals surface area contributed by atoms with Crippen LogP contribution in [0, 0.1) is 13.8 Å². The van der Waals surface area contributed by atoms with Crippen molar-refractivity contribution in [3.63, 3.8) is 0 Å². The summed E-state index contributed by atoms with van der Waals surface area (Å²) in [7, 11) is 0. The molecule has 0 saturated heterocycles. The first kappa shape index (κ1) is 11.5. The Morgan fingerprint density at radius 1 is 1.26 bits per heavy atom. The first-order valence-corrected chi connectivity index (χ1v) is 5.76. The van der Waals surface area contributed by atoms with Crippen LogP contribution in [0.25, 0.3) is 22.3 Å². The van der Waals surface area contributed by atoms with E-state index in [9.17, 15) is 4.79 Å². The molecule has 5 nitrogen and oxygen atoms in total. The Balaban J connectivity index is 2.14. The maximum absolute atomic E-state index is 10.8. The van der Waals surface area contributed by atoms with E-state index in [1.54, 1.807) is 0 Å². The Bertz CT molecular complexity index is 782. The molecule has 0 aliphatic heterocycles. The van der Waals surface area contributed by atoms with Gasteiger partial charge in [-0.15, -0.1) is 0 Å². The number of nitrogens with zero attached hydrogens (tertiary/aromatic N) is 1. The summed E-state index contributed by atoms with van der Waals surface area (Å²) in [6.07, 6.45) is 0. The average Bonchev–Trinajstić information content (AvgIpc) is 2.96. The van der Waals surface area contributed by atoms with Crippen molar-refractivity contribution in [1.29, 1.82) is 0 Å². The van der Waals surface area contributed by atoms with Crippen molar-refractivity contribution < 1.29 is 18.8 Å². The highest BCUT2D eigenvalue weighted by atomic mass is 16.5. The van der Waals surface area contributed by atoms with Crippen LogP contribution in [0.5, 0.6) is 0 Å². The highest BCUT2D eigenvalue weighted by molar-refractivity contribution is 5.89. The predicted molar refractivity (Wildman–Crippen MR) is 68.1 cm³/mol. The highest BCUT2D eigenvalue weighted by Crippen LogP contribution is 2.30. The number of furan rings is 1. The summed E-state index contributed by atoms with van der Waals surface area (Å²) in [4.78, 5) is 10.8. The molecule has 2 aromatic heterocycles. The predicted octanol–water partition coefficient (Wildman–Crippen LogP) is 3.40. The standard InChI is InChI=1S/C14H11NO4/c1-7-8(2)18-12-4-3-9(5-10(7)12)13-6-11(14(16)17)15-19-13/h3-6H,1-2H3,(H,16,17). The number of benzene rings is 1. The van der Waals surface area contributed by atoms with E-state index in [4.69, 9.17) is 14.0 Å². The van der Waals surface area contributed by atoms with Gasteiger partial charge in [-0.1, -0.05) is 5.16 Å². The van der Waals surface area contributed by atoms with Gasteiger partial charge in [0, 0.05) is 17.0 Å². The molecule has 19 heavy (non-hydrogen) atoms. The average molecular weight is 257 g/mol. The fourth-order valence-corrected chi connectivity index (χ4v) is 2.01. The second-order valence-electron chi connectivity index (χ2n) is 4.38. The second-order valence-corrected chi connectivity index (χ2v) is 4.38. The first-order valence-electron chi connectivity index (χ1n) is 5.76. The van der Waals surface area contributed by atoms with Crippen molar-refractivity contribution in [2.75, 3.05) is 0 Å². The van der Waals surface area contributed by atoms with Gasteiger partial charge in [-0.05, 0) is 37.6 Å². The number of aromatic carboxylic acids is 1. The minimum Gasteiger partial charge on any atom is -0.476 e. The second kappa shape index (κ2) is 3.98. The van der Waals surface area contributed by atoms with Crippen LogP contribution in [0.2, 0.25) is 0 Å². The lowest BCUT2D eigenvalue weighted by atomic mass is 10.1. The van der Waals surface area contributed by atoms with Crippen molar-refractivity contribution in [3.05, 3.63) is 41.3 Å². The fourth-order valence-electron chi connectivity index (χ4n) is 2.01. The molecule has 3 rings (SSSR count). The molecule has 1 N–H and O–H groups in total. The SMILES string of the molecule is Cc1oc2ccc(-c3cc(C(=O)O)no3)cc2c1C. The first-order chi connectivity index (χ1) is 9.06. The van der Waals surface area contributed by atoms with E-state index in [2.05, 4.69) is 5.16 Å². The van der Waals surface area contributed by atoms with Crippen LogP contribution in [0.15, 0.2) is 33.2 Å². The molecule has 0 spiro atoms. The van der Waals surface area contributed by atoms with Gasteiger partial charge < -0.3 is 14.0 Å². The third-order valence-corrected chi connectivity index (χ3v) is 3.19. The smallest absolute Gasteiger partial charge is 0.358 e. The molecule has 0 saturated carbocycles. The van der Waals surface area contributed by atoms with E-state index in [0.29, 0.717) is 5.76 Å². The molecule has 0 aliphatic carbocycles. The summed E-state index contributed by atoms with van der Waals surface area (Å²) in [5.41, 5.74) is 2.54. The summed E-state index contributed by atoms with van der Waals surface area (Å²) in [6.45, 7) is 3.89. The largest absolute Gasteiger partial charge is 0.476 e. The molecule has 0 amide bonds. The molecule has 0 atom stereocenters. The third-order valence-electron chi connectivity index (χ3n) is 3.19. The molecular formula is C14H11NO4. The van der Waals surface area contributed by atoms with Crippen molar-refractivity contribution in [2.24, 2.45) is 0 Å². The lowest BCUT2D eigenvalue weighted by molar-refractivity contribution is 0.0686. The van der Waals surface area contributed by atoms with Crippen molar-refractivity contribution in [2.45, 2.75) is 13.8 Å². The molecular weight excluding hydrogens is 246 g/mol. The summed E-state index contributed by atoms with van der Waals surface area (Å²) in [5, 5.41) is 13.3. The third kappa shape index (κ3) is 1.79. The van der Waals surface area contributed by atoms with Crippen LogP contribution in [-0.4, -0.2) is 16.2 Å². The van der Waals surface area contributed by atoms with Gasteiger partial charge in [0.05, 0.1) is 0 Å². The zero-order chi connectivity index (χ0) is 13.6. The number of aromatic nitrogens is 1. The Morgan fingerprint density at radius 2 is 2.05 bits per heavy atom. The number of fused-ring (bicyclic) bond motifs is 1. The number of carbonyl (C=O) groups is 1. The van der Waals surface area contributed by atoms with Crippen LogP contribution in [0.1, 0.15) is 21.8 Å². The number of hydrogen-bond donors (Lipinski definition) is 1. The van der Waals surface area contributed by atoms with Gasteiger partial charge in [0.15, 0.2) is 11.5 Å². The molecule has 0 aliphatic rings. The van der Waals surface area contributed by atoms with E-state index in [1.165, 1.54) is 6.07 Å². The normalized spacial score (nSPS) is 11.1. The number of aryl methyl sites for hydroxylation is 2. The molecule has 3 aromatic rings. The quantitative estimate of drug-likeness (QED) is 0.761. The summed E-state index contributed by atoms with van der Waals surface area (Å²) in [5.74, 6) is 0.194. The van der Waals surface area contributed by atoms with E-state index < -0.39 is 5.97 Å². The van der Waals surface area contributed by atoms with Crippen molar-refractivity contribution in [3.8, 4) is 11.3 Å². The molecule has 0 unspecified atom stereocenters. The molecule has 2 heterocycles. The number of rotatable bonds is 2. The monoisotopic (exact) mass is 257 g/mol. The van der Waals surface area contributed by atoms with Crippen molar-refractivity contribution >= 4 is 16.9 Å². The Labute approximate surface area is 108 Å². The van der Waals surface area contributed by atoms with Crippen LogP contribution in [-0.2, 0) is 0 Å². The Hall–Kier alpha value is -2.56. The lowest BCUT2D eigenvalue weighted by Gasteiger charge is -1.95. The van der Waals surface area contributed by atoms with E-state index in [-0.39, 0.29) is 5.69 Å².